The van der Waals surface area contributed by atoms with E-state index in [0.29, 0.717) is 11.1 Å². The summed E-state index contributed by atoms with van der Waals surface area (Å²) in [6, 6.07) is 7.17. The quantitative estimate of drug-likeness (QED) is 0.834. The highest BCUT2D eigenvalue weighted by Crippen LogP contribution is 2.22. The van der Waals surface area contributed by atoms with E-state index in [4.69, 9.17) is 9.84 Å². The lowest BCUT2D eigenvalue weighted by Crippen LogP contribution is -2.15. The SMILES string of the molecule is Cn1ccc2c(OCCO)cccc2c1=O. The summed E-state index contributed by atoms with van der Waals surface area (Å²) in [7, 11) is 1.71. The number of pyridine rings is 1. The zero-order chi connectivity index (χ0) is 11.5. The van der Waals surface area contributed by atoms with Crippen LogP contribution in [0.2, 0.25) is 0 Å². The van der Waals surface area contributed by atoms with Crippen LogP contribution in [-0.2, 0) is 7.05 Å². The number of aliphatic hydroxyl groups excluding tert-OH is 1. The Balaban J connectivity index is 2.60. The Bertz CT molecular complexity index is 560. The van der Waals surface area contributed by atoms with Gasteiger partial charge < -0.3 is 14.4 Å². The third-order valence-electron chi connectivity index (χ3n) is 2.43. The molecule has 0 saturated carbocycles. The molecule has 1 aromatic carbocycles. The molecule has 2 rings (SSSR count). The van der Waals surface area contributed by atoms with E-state index in [1.54, 1.807) is 31.4 Å². The van der Waals surface area contributed by atoms with Gasteiger partial charge in [-0.25, -0.2) is 0 Å². The third-order valence-corrected chi connectivity index (χ3v) is 2.43. The number of aryl methyl sites for hydroxylation is 1. The molecule has 1 aromatic heterocycles. The number of benzene rings is 1. The van der Waals surface area contributed by atoms with E-state index in [2.05, 4.69) is 0 Å². The molecule has 0 radical (unpaired) electrons. The van der Waals surface area contributed by atoms with Gasteiger partial charge in [-0.2, -0.15) is 0 Å². The number of aromatic nitrogens is 1. The van der Waals surface area contributed by atoms with Gasteiger partial charge >= 0.3 is 0 Å². The summed E-state index contributed by atoms with van der Waals surface area (Å²) in [6.07, 6.45) is 1.70. The number of hydrogen-bond donors (Lipinski definition) is 1. The molecule has 16 heavy (non-hydrogen) atoms. The molecule has 0 aliphatic heterocycles. The second kappa shape index (κ2) is 4.37. The van der Waals surface area contributed by atoms with Crippen LogP contribution in [0.4, 0.5) is 0 Å². The van der Waals surface area contributed by atoms with Crippen molar-refractivity contribution in [1.29, 1.82) is 0 Å². The molecular weight excluding hydrogens is 206 g/mol. The molecule has 4 heteroatoms. The molecule has 0 atom stereocenters. The van der Waals surface area contributed by atoms with Crippen molar-refractivity contribution in [3.63, 3.8) is 0 Å². The number of ether oxygens (including phenoxy) is 1. The Morgan fingerprint density at radius 1 is 1.31 bits per heavy atom. The van der Waals surface area contributed by atoms with E-state index >= 15 is 0 Å². The van der Waals surface area contributed by atoms with Crippen LogP contribution < -0.4 is 10.3 Å². The van der Waals surface area contributed by atoms with Gasteiger partial charge in [0, 0.05) is 18.6 Å². The molecule has 4 nitrogen and oxygen atoms in total. The van der Waals surface area contributed by atoms with Crippen LogP contribution >= 0.6 is 0 Å². The number of hydrogen-bond acceptors (Lipinski definition) is 3. The van der Waals surface area contributed by atoms with Crippen molar-refractivity contribution in [2.24, 2.45) is 7.05 Å². The second-order valence-corrected chi connectivity index (χ2v) is 3.52. The van der Waals surface area contributed by atoms with Crippen molar-refractivity contribution in [2.75, 3.05) is 13.2 Å². The predicted molar refractivity (Wildman–Crippen MR) is 61.8 cm³/mol. The first kappa shape index (κ1) is 10.7. The third kappa shape index (κ3) is 1.79. The average molecular weight is 219 g/mol. The molecular formula is C12H13NO3. The monoisotopic (exact) mass is 219 g/mol. The molecule has 1 N–H and O–H groups in total. The van der Waals surface area contributed by atoms with Crippen molar-refractivity contribution >= 4 is 10.8 Å². The minimum Gasteiger partial charge on any atom is -0.491 e. The van der Waals surface area contributed by atoms with Gasteiger partial charge in [-0.05, 0) is 18.2 Å². The fraction of sp³-hybridized carbons (Fsp3) is 0.250. The van der Waals surface area contributed by atoms with Gasteiger partial charge in [0.15, 0.2) is 0 Å². The molecule has 0 aliphatic carbocycles. The van der Waals surface area contributed by atoms with Gasteiger partial charge in [-0.1, -0.05) is 6.07 Å². The van der Waals surface area contributed by atoms with Crippen molar-refractivity contribution in [3.8, 4) is 5.75 Å². The highest BCUT2D eigenvalue weighted by atomic mass is 16.5. The Morgan fingerprint density at radius 3 is 2.88 bits per heavy atom. The lowest BCUT2D eigenvalue weighted by Gasteiger charge is -2.08. The molecule has 0 amide bonds. The molecule has 0 spiro atoms. The minimum atomic E-state index is -0.0491. The first-order chi connectivity index (χ1) is 7.74. The largest absolute Gasteiger partial charge is 0.491 e. The molecule has 0 aliphatic rings. The van der Waals surface area contributed by atoms with Gasteiger partial charge in [0.05, 0.1) is 12.0 Å². The molecule has 0 fully saturated rings. The Morgan fingerprint density at radius 2 is 2.12 bits per heavy atom. The first-order valence-corrected chi connectivity index (χ1v) is 5.06. The highest BCUT2D eigenvalue weighted by molar-refractivity contribution is 5.87. The van der Waals surface area contributed by atoms with Crippen molar-refractivity contribution < 1.29 is 9.84 Å². The standard InChI is InChI=1S/C12H13NO3/c1-13-6-5-9-10(12(13)15)3-2-4-11(9)16-8-7-14/h2-6,14H,7-8H2,1H3. The van der Waals surface area contributed by atoms with Crippen LogP contribution in [-0.4, -0.2) is 22.9 Å². The van der Waals surface area contributed by atoms with Gasteiger partial charge in [-0.3, -0.25) is 4.79 Å². The van der Waals surface area contributed by atoms with Gasteiger partial charge in [0.2, 0.25) is 0 Å². The number of aliphatic hydroxyl groups is 1. The maximum atomic E-state index is 11.8. The van der Waals surface area contributed by atoms with E-state index in [-0.39, 0.29) is 18.8 Å². The van der Waals surface area contributed by atoms with Crippen LogP contribution in [0, 0.1) is 0 Å². The van der Waals surface area contributed by atoms with Crippen molar-refractivity contribution in [1.82, 2.24) is 4.57 Å². The molecule has 1 heterocycles. The molecule has 0 unspecified atom stereocenters. The average Bonchev–Trinajstić information content (AvgIpc) is 2.31. The van der Waals surface area contributed by atoms with Crippen LogP contribution in [0.1, 0.15) is 0 Å². The summed E-state index contributed by atoms with van der Waals surface area (Å²) in [5, 5.41) is 10.1. The van der Waals surface area contributed by atoms with Gasteiger partial charge in [-0.15, -0.1) is 0 Å². The fourth-order valence-electron chi connectivity index (χ4n) is 1.63. The molecule has 0 saturated heterocycles. The van der Waals surface area contributed by atoms with Crippen LogP contribution in [0.25, 0.3) is 10.8 Å². The normalized spacial score (nSPS) is 10.6. The van der Waals surface area contributed by atoms with Crippen LogP contribution in [0.15, 0.2) is 35.3 Å². The Kier molecular flexibility index (Phi) is 2.92. The predicted octanol–water partition coefficient (Wildman–Crippen LogP) is 0.910. The summed E-state index contributed by atoms with van der Waals surface area (Å²) in [6.45, 7) is 0.190. The zero-order valence-electron chi connectivity index (χ0n) is 9.01. The summed E-state index contributed by atoms with van der Waals surface area (Å²) >= 11 is 0. The maximum absolute atomic E-state index is 11.8. The lowest BCUT2D eigenvalue weighted by molar-refractivity contribution is 0.203. The molecule has 0 bridgehead atoms. The fourth-order valence-corrected chi connectivity index (χ4v) is 1.63. The van der Waals surface area contributed by atoms with Gasteiger partial charge in [0.1, 0.15) is 12.4 Å². The first-order valence-electron chi connectivity index (χ1n) is 5.06. The topological polar surface area (TPSA) is 51.5 Å². The Labute approximate surface area is 92.7 Å². The number of fused-ring (bicyclic) bond motifs is 1. The maximum Gasteiger partial charge on any atom is 0.258 e. The van der Waals surface area contributed by atoms with Crippen LogP contribution in [0.5, 0.6) is 5.75 Å². The minimum absolute atomic E-state index is 0.0404. The van der Waals surface area contributed by atoms with Crippen molar-refractivity contribution in [3.05, 3.63) is 40.8 Å². The Hall–Kier alpha value is -1.81. The van der Waals surface area contributed by atoms with E-state index in [1.807, 2.05) is 6.07 Å². The van der Waals surface area contributed by atoms with E-state index in [0.717, 1.165) is 5.39 Å². The van der Waals surface area contributed by atoms with E-state index in [1.165, 1.54) is 4.57 Å². The molecule has 84 valence electrons. The van der Waals surface area contributed by atoms with E-state index in [9.17, 15) is 4.79 Å². The number of rotatable bonds is 3. The van der Waals surface area contributed by atoms with Crippen molar-refractivity contribution in [2.45, 2.75) is 0 Å². The smallest absolute Gasteiger partial charge is 0.258 e. The molecule has 2 aromatic rings. The second-order valence-electron chi connectivity index (χ2n) is 3.52. The summed E-state index contributed by atoms with van der Waals surface area (Å²) in [5.74, 6) is 0.629. The summed E-state index contributed by atoms with van der Waals surface area (Å²) < 4.78 is 6.89. The number of nitrogens with zero attached hydrogens (tertiary/aromatic N) is 1. The lowest BCUT2D eigenvalue weighted by atomic mass is 10.1. The van der Waals surface area contributed by atoms with E-state index < -0.39 is 0 Å². The summed E-state index contributed by atoms with van der Waals surface area (Å²) in [5.41, 5.74) is -0.0491. The van der Waals surface area contributed by atoms with Gasteiger partial charge in [0.25, 0.3) is 5.56 Å². The van der Waals surface area contributed by atoms with Crippen LogP contribution in [0.3, 0.4) is 0 Å². The highest BCUT2D eigenvalue weighted by Gasteiger charge is 2.05. The zero-order valence-corrected chi connectivity index (χ0v) is 9.01. The summed E-state index contributed by atoms with van der Waals surface area (Å²) in [4.78, 5) is 11.8.